The number of rotatable bonds is 7. The van der Waals surface area contributed by atoms with E-state index < -0.39 is 0 Å². The van der Waals surface area contributed by atoms with Gasteiger partial charge in [0.15, 0.2) is 11.6 Å². The standard InChI is InChI=1S/C17H25FN2O/c1-5-10-20-12-13(9-11-19(3)4)16-15(20)8-7-14(18)17(16)21-6-2/h7-8,12H,5-6,9-11H2,1-4H3. The molecule has 0 unspecified atom stereocenters. The molecule has 3 nitrogen and oxygen atoms in total. The number of ether oxygens (including phenoxy) is 1. The minimum atomic E-state index is -0.273. The quantitative estimate of drug-likeness (QED) is 0.774. The fourth-order valence-corrected chi connectivity index (χ4v) is 2.66. The second kappa shape index (κ2) is 6.94. The second-order valence-electron chi connectivity index (χ2n) is 5.60. The van der Waals surface area contributed by atoms with Crippen LogP contribution in [0, 0.1) is 5.82 Å². The van der Waals surface area contributed by atoms with Crippen molar-refractivity contribution < 1.29 is 9.13 Å². The van der Waals surface area contributed by atoms with E-state index in [1.807, 2.05) is 13.0 Å². The molecule has 0 spiro atoms. The maximum atomic E-state index is 14.1. The maximum absolute atomic E-state index is 14.1. The Labute approximate surface area is 126 Å². The van der Waals surface area contributed by atoms with E-state index in [2.05, 4.69) is 36.7 Å². The third-order valence-electron chi connectivity index (χ3n) is 3.61. The van der Waals surface area contributed by atoms with Crippen LogP contribution < -0.4 is 4.74 Å². The molecular formula is C17H25FN2O. The van der Waals surface area contributed by atoms with Gasteiger partial charge >= 0.3 is 0 Å². The minimum Gasteiger partial charge on any atom is -0.490 e. The highest BCUT2D eigenvalue weighted by molar-refractivity contribution is 5.90. The topological polar surface area (TPSA) is 17.4 Å². The first kappa shape index (κ1) is 15.8. The predicted molar refractivity (Wildman–Crippen MR) is 85.6 cm³/mol. The highest BCUT2D eigenvalue weighted by Gasteiger charge is 2.17. The summed E-state index contributed by atoms with van der Waals surface area (Å²) in [6.07, 6.45) is 4.10. The van der Waals surface area contributed by atoms with E-state index in [1.54, 1.807) is 0 Å². The summed E-state index contributed by atoms with van der Waals surface area (Å²) in [4.78, 5) is 2.14. The third-order valence-corrected chi connectivity index (χ3v) is 3.61. The molecule has 4 heteroatoms. The van der Waals surface area contributed by atoms with Crippen LogP contribution in [0.3, 0.4) is 0 Å². The highest BCUT2D eigenvalue weighted by atomic mass is 19.1. The molecule has 0 fully saturated rings. The normalized spacial score (nSPS) is 11.5. The van der Waals surface area contributed by atoms with Crippen LogP contribution in [-0.4, -0.2) is 36.7 Å². The average Bonchev–Trinajstić information content (AvgIpc) is 2.78. The number of fused-ring (bicyclic) bond motifs is 1. The fourth-order valence-electron chi connectivity index (χ4n) is 2.66. The van der Waals surface area contributed by atoms with Crippen molar-refractivity contribution >= 4 is 10.9 Å². The molecule has 1 heterocycles. The molecule has 0 amide bonds. The van der Waals surface area contributed by atoms with Gasteiger partial charge in [0.25, 0.3) is 0 Å². The number of hydrogen-bond donors (Lipinski definition) is 0. The number of likely N-dealkylation sites (N-methyl/N-ethyl adjacent to an activating group) is 1. The summed E-state index contributed by atoms with van der Waals surface area (Å²) in [7, 11) is 4.10. The van der Waals surface area contributed by atoms with Crippen molar-refractivity contribution in [2.24, 2.45) is 0 Å². The molecule has 116 valence electrons. The van der Waals surface area contributed by atoms with Gasteiger partial charge in [-0.05, 0) is 51.6 Å². The van der Waals surface area contributed by atoms with Gasteiger partial charge in [-0.3, -0.25) is 0 Å². The van der Waals surface area contributed by atoms with Crippen LogP contribution in [0.5, 0.6) is 5.75 Å². The van der Waals surface area contributed by atoms with Gasteiger partial charge in [-0.25, -0.2) is 4.39 Å². The molecular weight excluding hydrogens is 267 g/mol. The van der Waals surface area contributed by atoms with Gasteiger partial charge in [0.2, 0.25) is 0 Å². The number of benzene rings is 1. The Morgan fingerprint density at radius 3 is 2.62 bits per heavy atom. The largest absolute Gasteiger partial charge is 0.490 e. The van der Waals surface area contributed by atoms with Crippen LogP contribution in [-0.2, 0) is 13.0 Å². The summed E-state index contributed by atoms with van der Waals surface area (Å²) in [5.41, 5.74) is 2.23. The summed E-state index contributed by atoms with van der Waals surface area (Å²) in [5, 5.41) is 0.937. The summed E-state index contributed by atoms with van der Waals surface area (Å²) >= 11 is 0. The molecule has 2 aromatic rings. The lowest BCUT2D eigenvalue weighted by Gasteiger charge is -2.11. The van der Waals surface area contributed by atoms with E-state index in [0.717, 1.165) is 42.4 Å². The maximum Gasteiger partial charge on any atom is 0.165 e. The lowest BCUT2D eigenvalue weighted by Crippen LogP contribution is -2.15. The van der Waals surface area contributed by atoms with Crippen LogP contribution in [0.1, 0.15) is 25.8 Å². The average molecular weight is 292 g/mol. The van der Waals surface area contributed by atoms with Gasteiger partial charge in [-0.15, -0.1) is 0 Å². The zero-order valence-electron chi connectivity index (χ0n) is 13.4. The fraction of sp³-hybridized carbons (Fsp3) is 0.529. The van der Waals surface area contributed by atoms with Crippen LogP contribution >= 0.6 is 0 Å². The molecule has 0 radical (unpaired) electrons. The first-order valence-electron chi connectivity index (χ1n) is 7.66. The smallest absolute Gasteiger partial charge is 0.165 e. The van der Waals surface area contributed by atoms with Gasteiger partial charge in [-0.2, -0.15) is 0 Å². The molecule has 0 aliphatic carbocycles. The van der Waals surface area contributed by atoms with Gasteiger partial charge in [-0.1, -0.05) is 6.92 Å². The van der Waals surface area contributed by atoms with Crippen molar-refractivity contribution in [1.82, 2.24) is 9.47 Å². The Morgan fingerprint density at radius 1 is 1.24 bits per heavy atom. The van der Waals surface area contributed by atoms with E-state index in [0.29, 0.717) is 12.4 Å². The van der Waals surface area contributed by atoms with E-state index in [1.165, 1.54) is 6.07 Å². The molecule has 0 N–H and O–H groups in total. The Bertz CT molecular complexity index is 604. The van der Waals surface area contributed by atoms with Crippen molar-refractivity contribution in [3.05, 3.63) is 29.7 Å². The van der Waals surface area contributed by atoms with Crippen molar-refractivity contribution in [2.45, 2.75) is 33.2 Å². The Hall–Kier alpha value is -1.55. The molecule has 2 rings (SSSR count). The molecule has 0 aliphatic rings. The summed E-state index contributed by atoms with van der Waals surface area (Å²) in [5.74, 6) is 0.128. The van der Waals surface area contributed by atoms with E-state index in [-0.39, 0.29) is 5.82 Å². The molecule has 1 aromatic carbocycles. The van der Waals surface area contributed by atoms with Gasteiger partial charge in [0.1, 0.15) is 0 Å². The van der Waals surface area contributed by atoms with Gasteiger partial charge < -0.3 is 14.2 Å². The molecule has 0 saturated heterocycles. The predicted octanol–water partition coefficient (Wildman–Crippen LogP) is 3.69. The zero-order valence-corrected chi connectivity index (χ0v) is 13.4. The van der Waals surface area contributed by atoms with E-state index in [9.17, 15) is 4.39 Å². The van der Waals surface area contributed by atoms with Crippen LogP contribution in [0.15, 0.2) is 18.3 Å². The number of nitrogens with zero attached hydrogens (tertiary/aromatic N) is 2. The molecule has 0 bridgehead atoms. The molecule has 21 heavy (non-hydrogen) atoms. The summed E-state index contributed by atoms with van der Waals surface area (Å²) < 4.78 is 21.9. The first-order valence-corrected chi connectivity index (χ1v) is 7.66. The summed E-state index contributed by atoms with van der Waals surface area (Å²) in [6, 6.07) is 3.37. The van der Waals surface area contributed by atoms with Crippen molar-refractivity contribution in [2.75, 3.05) is 27.2 Å². The third kappa shape index (κ3) is 3.38. The van der Waals surface area contributed by atoms with E-state index >= 15 is 0 Å². The monoisotopic (exact) mass is 292 g/mol. The van der Waals surface area contributed by atoms with Crippen LogP contribution in [0.2, 0.25) is 0 Å². The Balaban J connectivity index is 2.56. The molecule has 0 aliphatic heterocycles. The Kier molecular flexibility index (Phi) is 5.23. The molecule has 0 saturated carbocycles. The lowest BCUT2D eigenvalue weighted by molar-refractivity contribution is 0.325. The van der Waals surface area contributed by atoms with Gasteiger partial charge in [0.05, 0.1) is 12.1 Å². The van der Waals surface area contributed by atoms with E-state index in [4.69, 9.17) is 4.74 Å². The second-order valence-corrected chi connectivity index (χ2v) is 5.60. The Morgan fingerprint density at radius 2 is 2.00 bits per heavy atom. The summed E-state index contributed by atoms with van der Waals surface area (Å²) in [6.45, 7) is 6.39. The SMILES string of the molecule is CCCn1cc(CCN(C)C)c2c(OCC)c(F)ccc21. The van der Waals surface area contributed by atoms with Crippen molar-refractivity contribution in [3.8, 4) is 5.75 Å². The first-order chi connectivity index (χ1) is 10.1. The molecule has 0 atom stereocenters. The van der Waals surface area contributed by atoms with Crippen LogP contribution in [0.25, 0.3) is 10.9 Å². The highest BCUT2D eigenvalue weighted by Crippen LogP contribution is 2.34. The zero-order chi connectivity index (χ0) is 15.4. The van der Waals surface area contributed by atoms with Gasteiger partial charge in [0, 0.05) is 24.7 Å². The molecule has 1 aromatic heterocycles. The lowest BCUT2D eigenvalue weighted by atomic mass is 10.1. The number of aromatic nitrogens is 1. The number of hydrogen-bond acceptors (Lipinski definition) is 2. The van der Waals surface area contributed by atoms with Crippen molar-refractivity contribution in [3.63, 3.8) is 0 Å². The van der Waals surface area contributed by atoms with Crippen LogP contribution in [0.4, 0.5) is 4.39 Å². The minimum absolute atomic E-state index is 0.273. The number of halogens is 1. The number of aryl methyl sites for hydroxylation is 1. The van der Waals surface area contributed by atoms with Crippen molar-refractivity contribution in [1.29, 1.82) is 0 Å².